The summed E-state index contributed by atoms with van der Waals surface area (Å²) in [6, 6.07) is 7.86. The van der Waals surface area contributed by atoms with Crippen molar-refractivity contribution in [2.75, 3.05) is 17.2 Å². The van der Waals surface area contributed by atoms with Crippen LogP contribution in [-0.2, 0) is 9.59 Å². The highest BCUT2D eigenvalue weighted by molar-refractivity contribution is 7.99. The van der Waals surface area contributed by atoms with Crippen molar-refractivity contribution in [3.05, 3.63) is 24.3 Å². The number of hydrogen-bond donors (Lipinski definition) is 1. The second kappa shape index (κ2) is 5.48. The molecular formula is C15H17NO3S. The van der Waals surface area contributed by atoms with Gasteiger partial charge in [-0.15, -0.1) is 11.8 Å². The Labute approximate surface area is 122 Å². The van der Waals surface area contributed by atoms with Gasteiger partial charge in [0.2, 0.25) is 5.91 Å². The molecule has 0 radical (unpaired) electrons. The number of carboxylic acid groups (broad SMARTS) is 1. The molecule has 1 fully saturated rings. The van der Waals surface area contributed by atoms with Crippen LogP contribution in [0, 0.1) is 11.8 Å². The molecule has 1 saturated carbocycles. The SMILES string of the molecule is O=C(O)[C@H]1CCC[C@H]1C(=O)N1CCSc2ccccc21. The maximum atomic E-state index is 12.7. The number of aliphatic carboxylic acids is 1. The van der Waals surface area contributed by atoms with Gasteiger partial charge in [0.1, 0.15) is 0 Å². The van der Waals surface area contributed by atoms with Crippen LogP contribution in [-0.4, -0.2) is 29.3 Å². The van der Waals surface area contributed by atoms with Crippen molar-refractivity contribution in [1.29, 1.82) is 0 Å². The number of carbonyl (C=O) groups excluding carboxylic acids is 1. The number of hydrogen-bond acceptors (Lipinski definition) is 3. The Morgan fingerprint density at radius 1 is 1.20 bits per heavy atom. The topological polar surface area (TPSA) is 57.6 Å². The molecule has 1 aliphatic heterocycles. The number of benzene rings is 1. The van der Waals surface area contributed by atoms with Crippen LogP contribution in [0.3, 0.4) is 0 Å². The highest BCUT2D eigenvalue weighted by Crippen LogP contribution is 2.39. The van der Waals surface area contributed by atoms with Crippen molar-refractivity contribution in [3.63, 3.8) is 0 Å². The second-order valence-electron chi connectivity index (χ2n) is 5.29. The van der Waals surface area contributed by atoms with E-state index >= 15 is 0 Å². The minimum atomic E-state index is -0.833. The van der Waals surface area contributed by atoms with Gasteiger partial charge in [-0.2, -0.15) is 0 Å². The van der Waals surface area contributed by atoms with Gasteiger partial charge in [-0.25, -0.2) is 0 Å². The number of nitrogens with zero attached hydrogens (tertiary/aromatic N) is 1. The van der Waals surface area contributed by atoms with Gasteiger partial charge >= 0.3 is 5.97 Å². The first-order valence-electron chi connectivity index (χ1n) is 6.94. The maximum Gasteiger partial charge on any atom is 0.307 e. The first-order chi connectivity index (χ1) is 9.68. The molecule has 1 amide bonds. The molecule has 5 heteroatoms. The minimum absolute atomic E-state index is 0.0114. The van der Waals surface area contributed by atoms with Crippen LogP contribution < -0.4 is 4.90 Å². The lowest BCUT2D eigenvalue weighted by Crippen LogP contribution is -2.42. The molecule has 0 saturated heterocycles. The second-order valence-corrected chi connectivity index (χ2v) is 6.42. The molecule has 1 heterocycles. The molecule has 2 aliphatic rings. The van der Waals surface area contributed by atoms with E-state index in [4.69, 9.17) is 0 Å². The summed E-state index contributed by atoms with van der Waals surface area (Å²) < 4.78 is 0. The van der Waals surface area contributed by atoms with Crippen LogP contribution in [0.2, 0.25) is 0 Å². The van der Waals surface area contributed by atoms with E-state index in [0.717, 1.165) is 22.8 Å². The third-order valence-corrected chi connectivity index (χ3v) is 5.19. The van der Waals surface area contributed by atoms with E-state index in [0.29, 0.717) is 19.4 Å². The summed E-state index contributed by atoms with van der Waals surface area (Å²) in [5.41, 5.74) is 0.935. The highest BCUT2D eigenvalue weighted by Gasteiger charge is 2.40. The zero-order valence-electron chi connectivity index (χ0n) is 11.1. The molecule has 1 aromatic carbocycles. The van der Waals surface area contributed by atoms with Gasteiger partial charge in [-0.05, 0) is 25.0 Å². The van der Waals surface area contributed by atoms with Crippen LogP contribution in [0.4, 0.5) is 5.69 Å². The quantitative estimate of drug-likeness (QED) is 0.910. The summed E-state index contributed by atoms with van der Waals surface area (Å²) >= 11 is 1.75. The van der Waals surface area contributed by atoms with Crippen LogP contribution in [0.5, 0.6) is 0 Å². The Balaban J connectivity index is 1.87. The highest BCUT2D eigenvalue weighted by atomic mass is 32.2. The molecule has 1 aromatic rings. The van der Waals surface area contributed by atoms with Gasteiger partial charge in [0, 0.05) is 17.2 Å². The van der Waals surface area contributed by atoms with Crippen molar-refractivity contribution < 1.29 is 14.7 Å². The van der Waals surface area contributed by atoms with E-state index in [9.17, 15) is 14.7 Å². The molecule has 3 rings (SSSR count). The van der Waals surface area contributed by atoms with Crippen LogP contribution in [0.25, 0.3) is 0 Å². The van der Waals surface area contributed by atoms with Crippen LogP contribution in [0.1, 0.15) is 19.3 Å². The smallest absolute Gasteiger partial charge is 0.307 e. The lowest BCUT2D eigenvalue weighted by Gasteiger charge is -2.32. The lowest BCUT2D eigenvalue weighted by atomic mass is 9.94. The minimum Gasteiger partial charge on any atom is -0.481 e. The Morgan fingerprint density at radius 3 is 2.75 bits per heavy atom. The Bertz CT molecular complexity index is 546. The fourth-order valence-electron chi connectivity index (χ4n) is 3.15. The van der Waals surface area contributed by atoms with E-state index in [1.54, 1.807) is 16.7 Å². The van der Waals surface area contributed by atoms with E-state index < -0.39 is 11.9 Å². The van der Waals surface area contributed by atoms with Crippen molar-refractivity contribution in [1.82, 2.24) is 0 Å². The predicted molar refractivity (Wildman–Crippen MR) is 78.0 cm³/mol. The number of carbonyl (C=O) groups is 2. The molecule has 0 unspecified atom stereocenters. The first kappa shape index (κ1) is 13.5. The van der Waals surface area contributed by atoms with Gasteiger partial charge in [0.05, 0.1) is 17.5 Å². The molecule has 1 aliphatic carbocycles. The molecule has 0 spiro atoms. The number of amides is 1. The van der Waals surface area contributed by atoms with Crippen LogP contribution >= 0.6 is 11.8 Å². The Kier molecular flexibility index (Phi) is 3.70. The predicted octanol–water partition coefficient (Wildman–Crippen LogP) is 2.63. The van der Waals surface area contributed by atoms with E-state index in [1.165, 1.54) is 0 Å². The molecule has 2 atom stereocenters. The molecule has 106 valence electrons. The molecule has 1 N–H and O–H groups in total. The summed E-state index contributed by atoms with van der Waals surface area (Å²) in [5.74, 6) is -0.844. The van der Waals surface area contributed by atoms with Gasteiger partial charge in [-0.1, -0.05) is 18.6 Å². The molecule has 20 heavy (non-hydrogen) atoms. The van der Waals surface area contributed by atoms with E-state index in [-0.39, 0.29) is 11.8 Å². The number of para-hydroxylation sites is 1. The van der Waals surface area contributed by atoms with Crippen molar-refractivity contribution in [2.24, 2.45) is 11.8 Å². The van der Waals surface area contributed by atoms with Crippen molar-refractivity contribution in [3.8, 4) is 0 Å². The zero-order chi connectivity index (χ0) is 14.1. The average Bonchev–Trinajstić information content (AvgIpc) is 2.95. The van der Waals surface area contributed by atoms with E-state index in [1.807, 2.05) is 24.3 Å². The number of thioether (sulfide) groups is 1. The standard InChI is InChI=1S/C15H17NO3S/c17-14(10-4-3-5-11(10)15(18)19)16-8-9-20-13-7-2-1-6-12(13)16/h1-2,6-7,10-11H,3-5,8-9H2,(H,18,19)/t10-,11+/m1/s1. The Hall–Kier alpha value is -1.49. The zero-order valence-corrected chi connectivity index (χ0v) is 11.9. The number of carboxylic acids is 1. The molecule has 4 nitrogen and oxygen atoms in total. The van der Waals surface area contributed by atoms with Crippen molar-refractivity contribution in [2.45, 2.75) is 24.2 Å². The molecular weight excluding hydrogens is 274 g/mol. The number of anilines is 1. The van der Waals surface area contributed by atoms with Crippen molar-refractivity contribution >= 4 is 29.3 Å². The van der Waals surface area contributed by atoms with E-state index in [2.05, 4.69) is 0 Å². The third-order valence-electron chi connectivity index (χ3n) is 4.14. The van der Waals surface area contributed by atoms with Gasteiger partial charge < -0.3 is 10.0 Å². The van der Waals surface area contributed by atoms with Crippen LogP contribution in [0.15, 0.2) is 29.2 Å². The van der Waals surface area contributed by atoms with Gasteiger partial charge in [0.15, 0.2) is 0 Å². The normalized spacial score (nSPS) is 25.3. The monoisotopic (exact) mass is 291 g/mol. The number of rotatable bonds is 2. The number of fused-ring (bicyclic) bond motifs is 1. The molecule has 0 bridgehead atoms. The first-order valence-corrected chi connectivity index (χ1v) is 7.93. The summed E-state index contributed by atoms with van der Waals surface area (Å²) in [5, 5.41) is 9.25. The molecule has 0 aromatic heterocycles. The lowest BCUT2D eigenvalue weighted by molar-refractivity contribution is -0.145. The van der Waals surface area contributed by atoms with Gasteiger partial charge in [0.25, 0.3) is 0 Å². The summed E-state index contributed by atoms with van der Waals surface area (Å²) in [6.07, 6.45) is 2.15. The fraction of sp³-hybridized carbons (Fsp3) is 0.467. The average molecular weight is 291 g/mol. The maximum absolute atomic E-state index is 12.7. The summed E-state index contributed by atoms with van der Waals surface area (Å²) in [6.45, 7) is 0.670. The largest absolute Gasteiger partial charge is 0.481 e. The fourth-order valence-corrected chi connectivity index (χ4v) is 4.14. The summed E-state index contributed by atoms with van der Waals surface area (Å²) in [4.78, 5) is 26.9. The van der Waals surface area contributed by atoms with Gasteiger partial charge in [-0.3, -0.25) is 9.59 Å². The summed E-state index contributed by atoms with van der Waals surface area (Å²) in [7, 11) is 0. The third kappa shape index (κ3) is 2.30. The Morgan fingerprint density at radius 2 is 1.95 bits per heavy atom.